The van der Waals surface area contributed by atoms with Crippen LogP contribution in [0.4, 0.5) is 0 Å². The smallest absolute Gasteiger partial charge is 0.145 e. The van der Waals surface area contributed by atoms with E-state index in [1.165, 1.54) is 0 Å². The molecule has 1 aromatic heterocycles. The van der Waals surface area contributed by atoms with Crippen LogP contribution in [0.5, 0.6) is 0 Å². The summed E-state index contributed by atoms with van der Waals surface area (Å²) in [5.41, 5.74) is 4.58. The third-order valence-corrected chi connectivity index (χ3v) is 8.35. The Labute approximate surface area is 292 Å². The fourth-order valence-electron chi connectivity index (χ4n) is 6.26. The lowest BCUT2D eigenvalue weighted by atomic mass is 9.85. The maximum atomic E-state index is 9.30. The Bertz CT molecular complexity index is 3160. The molecule has 9 rings (SSSR count). The van der Waals surface area contributed by atoms with Crippen LogP contribution in [0.15, 0.2) is 182 Å². The number of nitrogens with zero attached hydrogens (tertiary/aromatic N) is 2. The summed E-state index contributed by atoms with van der Waals surface area (Å²) in [5, 5.41) is 0.325. The Morgan fingerprint density at radius 3 is 1.47 bits per heavy atom. The van der Waals surface area contributed by atoms with Crippen LogP contribution in [-0.2, 0) is 0 Å². The van der Waals surface area contributed by atoms with Gasteiger partial charge in [-0.1, -0.05) is 157 Å². The SMILES string of the molecule is [2H]c1c([2H])c([2H])c(-c2nc3ccccc3n2-c2ccc(-c3c4c([2H])c([2H])c([2H])c([2H])c4c(-c4ccc(-c5ccccc5)cc4)c4c([2H])c([2H])c([2H])c([2H])c34)cc2)c([2H])c1[2H]. The first-order valence-corrected chi connectivity index (χ1v) is 15.0. The molecule has 0 atom stereocenters. The van der Waals surface area contributed by atoms with Crippen LogP contribution in [0.1, 0.15) is 17.8 Å². The number of rotatable bonds is 5. The molecule has 2 heteroatoms. The third kappa shape index (κ3) is 4.62. The summed E-state index contributed by atoms with van der Waals surface area (Å²) >= 11 is 0. The molecular weight excluding hydrogens is 569 g/mol. The van der Waals surface area contributed by atoms with Crippen molar-refractivity contribution in [2.24, 2.45) is 0 Å². The zero-order chi connectivity index (χ0) is 42.5. The maximum absolute atomic E-state index is 9.30. The topological polar surface area (TPSA) is 17.8 Å². The van der Waals surface area contributed by atoms with Crippen LogP contribution in [0, 0.1) is 0 Å². The Morgan fingerprint density at radius 1 is 0.404 bits per heavy atom. The molecule has 0 aliphatic heterocycles. The second-order valence-corrected chi connectivity index (χ2v) is 11.0. The molecule has 0 spiro atoms. The summed E-state index contributed by atoms with van der Waals surface area (Å²) in [5.74, 6) is 0.0997. The lowest BCUT2D eigenvalue weighted by Gasteiger charge is -2.18. The highest BCUT2D eigenvalue weighted by molar-refractivity contribution is 6.21. The van der Waals surface area contributed by atoms with Gasteiger partial charge in [0, 0.05) is 11.3 Å². The number of fused-ring (bicyclic) bond motifs is 3. The second kappa shape index (κ2) is 11.3. The highest BCUT2D eigenvalue weighted by Gasteiger charge is 2.18. The number of hydrogen-bond donors (Lipinski definition) is 0. The number of hydrogen-bond acceptors (Lipinski definition) is 1. The summed E-state index contributed by atoms with van der Waals surface area (Å²) in [7, 11) is 0. The maximum Gasteiger partial charge on any atom is 0.145 e. The van der Waals surface area contributed by atoms with E-state index in [4.69, 9.17) is 17.3 Å². The van der Waals surface area contributed by atoms with E-state index in [-0.39, 0.29) is 68.2 Å². The van der Waals surface area contributed by atoms with Gasteiger partial charge in [0.15, 0.2) is 0 Å². The van der Waals surface area contributed by atoms with Gasteiger partial charge in [0.25, 0.3) is 0 Å². The van der Waals surface area contributed by atoms with Gasteiger partial charge in [0.05, 0.1) is 28.9 Å². The monoisotopic (exact) mass is 611 g/mol. The van der Waals surface area contributed by atoms with E-state index in [0.717, 1.165) is 11.1 Å². The van der Waals surface area contributed by atoms with Crippen molar-refractivity contribution in [3.05, 3.63) is 182 Å². The predicted octanol–water partition coefficient (Wildman–Crippen LogP) is 12.0. The van der Waals surface area contributed by atoms with Gasteiger partial charge in [0.1, 0.15) is 5.82 Å². The molecule has 220 valence electrons. The first kappa shape index (κ1) is 16.9. The van der Waals surface area contributed by atoms with E-state index in [2.05, 4.69) is 0 Å². The van der Waals surface area contributed by atoms with Gasteiger partial charge >= 0.3 is 0 Å². The molecule has 0 amide bonds. The number of imidazole rings is 1. The standard InChI is InChI=1S/C45H30N2/c1-3-13-31(14-4-1)32-23-25-33(26-24-32)43-37-17-7-9-19-39(37)44(40-20-10-8-18-38(40)43)34-27-29-36(30-28-34)47-42-22-12-11-21-41(42)46-45(47)35-15-5-2-6-16-35/h1-30H/i2D,5D,6D,7D,8D,9D,10D,15D,16D,17D,18D,19D,20D. The average Bonchev–Trinajstić information content (AvgIpc) is 3.65. The van der Waals surface area contributed by atoms with Gasteiger partial charge in [-0.25, -0.2) is 4.98 Å². The van der Waals surface area contributed by atoms with Gasteiger partial charge in [-0.05, 0) is 79.2 Å². The van der Waals surface area contributed by atoms with Crippen molar-refractivity contribution in [2.45, 2.75) is 0 Å². The van der Waals surface area contributed by atoms with Crippen molar-refractivity contribution in [1.29, 1.82) is 0 Å². The highest BCUT2D eigenvalue weighted by atomic mass is 15.1. The normalized spacial score (nSPS) is 15.3. The molecule has 0 unspecified atom stereocenters. The van der Waals surface area contributed by atoms with Crippen molar-refractivity contribution in [3.63, 3.8) is 0 Å². The molecule has 0 aliphatic rings. The van der Waals surface area contributed by atoms with Crippen LogP contribution in [0.2, 0.25) is 0 Å². The van der Waals surface area contributed by atoms with Crippen LogP contribution in [-0.4, -0.2) is 9.55 Å². The van der Waals surface area contributed by atoms with Crippen LogP contribution in [0.25, 0.3) is 83.0 Å². The van der Waals surface area contributed by atoms with E-state index in [1.54, 1.807) is 65.2 Å². The Balaban J connectivity index is 1.35. The number of para-hydroxylation sites is 2. The van der Waals surface area contributed by atoms with Crippen LogP contribution >= 0.6 is 0 Å². The minimum atomic E-state index is -0.536. The number of aromatic nitrogens is 2. The van der Waals surface area contributed by atoms with Crippen LogP contribution < -0.4 is 0 Å². The summed E-state index contributed by atoms with van der Waals surface area (Å²) in [4.78, 5) is 4.72. The quantitative estimate of drug-likeness (QED) is 0.177. The van der Waals surface area contributed by atoms with E-state index < -0.39 is 54.4 Å². The van der Waals surface area contributed by atoms with Gasteiger partial charge in [-0.15, -0.1) is 0 Å². The van der Waals surface area contributed by atoms with Gasteiger partial charge < -0.3 is 0 Å². The first-order chi connectivity index (χ1) is 28.7. The largest absolute Gasteiger partial charge is 0.292 e. The first-order valence-electron chi connectivity index (χ1n) is 21.5. The molecule has 0 radical (unpaired) electrons. The Hall–Kier alpha value is -6.25. The van der Waals surface area contributed by atoms with Crippen molar-refractivity contribution < 1.29 is 17.8 Å². The van der Waals surface area contributed by atoms with Crippen molar-refractivity contribution in [2.75, 3.05) is 0 Å². The minimum Gasteiger partial charge on any atom is -0.292 e. The lowest BCUT2D eigenvalue weighted by molar-refractivity contribution is 1.10. The molecule has 9 aromatic rings. The van der Waals surface area contributed by atoms with Gasteiger partial charge in [-0.2, -0.15) is 0 Å². The molecule has 0 saturated heterocycles. The fourth-order valence-corrected chi connectivity index (χ4v) is 6.26. The lowest BCUT2D eigenvalue weighted by Crippen LogP contribution is -1.97. The van der Waals surface area contributed by atoms with Crippen molar-refractivity contribution in [1.82, 2.24) is 9.55 Å². The highest BCUT2D eigenvalue weighted by Crippen LogP contribution is 2.44. The molecule has 2 nitrogen and oxygen atoms in total. The summed E-state index contributed by atoms with van der Waals surface area (Å²) in [6, 6.07) is 24.8. The minimum absolute atomic E-state index is 0.0707. The third-order valence-electron chi connectivity index (χ3n) is 8.35. The summed E-state index contributed by atoms with van der Waals surface area (Å²) < 4.78 is 116. The second-order valence-electron chi connectivity index (χ2n) is 11.0. The van der Waals surface area contributed by atoms with Crippen LogP contribution in [0.3, 0.4) is 0 Å². The zero-order valence-corrected chi connectivity index (χ0v) is 24.7. The molecule has 0 bridgehead atoms. The molecular formula is C45H30N2. The van der Waals surface area contributed by atoms with E-state index in [9.17, 15) is 5.48 Å². The van der Waals surface area contributed by atoms with E-state index in [1.807, 2.05) is 42.5 Å². The molecule has 0 aliphatic carbocycles. The molecule has 47 heavy (non-hydrogen) atoms. The van der Waals surface area contributed by atoms with E-state index >= 15 is 0 Å². The molecule has 1 heterocycles. The molecule has 0 saturated carbocycles. The van der Waals surface area contributed by atoms with Crippen molar-refractivity contribution >= 4 is 32.6 Å². The summed E-state index contributed by atoms with van der Waals surface area (Å²) in [6.45, 7) is 0. The molecule has 8 aromatic carbocycles. The zero-order valence-electron chi connectivity index (χ0n) is 37.7. The fraction of sp³-hybridized carbons (Fsp3) is 0. The Morgan fingerprint density at radius 2 is 0.872 bits per heavy atom. The van der Waals surface area contributed by atoms with Gasteiger partial charge in [0.2, 0.25) is 0 Å². The van der Waals surface area contributed by atoms with E-state index in [0.29, 0.717) is 27.8 Å². The van der Waals surface area contributed by atoms with Crippen molar-refractivity contribution in [3.8, 4) is 50.5 Å². The Kier molecular flexibility index (Phi) is 4.05. The van der Waals surface area contributed by atoms with Gasteiger partial charge in [-0.3, -0.25) is 4.57 Å². The predicted molar refractivity (Wildman–Crippen MR) is 198 cm³/mol. The molecule has 0 N–H and O–H groups in total. The summed E-state index contributed by atoms with van der Waals surface area (Å²) in [6.07, 6.45) is 0. The average molecular weight is 612 g/mol. The number of benzene rings is 8. The molecule has 0 fully saturated rings.